The highest BCUT2D eigenvalue weighted by atomic mass is 16.3. The number of nitrogens with zero attached hydrogens (tertiary/aromatic N) is 1. The maximum Gasteiger partial charge on any atom is 0.313 e. The molecule has 0 bridgehead atoms. The number of aliphatic hydroxyl groups is 1. The predicted molar refractivity (Wildman–Crippen MR) is 76.9 cm³/mol. The van der Waals surface area contributed by atoms with Crippen LogP contribution in [-0.4, -0.2) is 41.5 Å². The van der Waals surface area contributed by atoms with Crippen LogP contribution >= 0.6 is 0 Å². The van der Waals surface area contributed by atoms with Crippen LogP contribution in [0.15, 0.2) is 24.3 Å². The van der Waals surface area contributed by atoms with Crippen molar-refractivity contribution in [2.45, 2.75) is 19.4 Å². The molecule has 2 N–H and O–H groups in total. The maximum atomic E-state index is 11.8. The topological polar surface area (TPSA) is 69.6 Å². The first-order chi connectivity index (χ1) is 9.43. The molecule has 0 aliphatic carbocycles. The molecule has 1 atom stereocenters. The quantitative estimate of drug-likeness (QED) is 0.631. The van der Waals surface area contributed by atoms with Crippen molar-refractivity contribution in [1.82, 2.24) is 4.90 Å². The largest absolute Gasteiger partial charge is 0.393 e. The Morgan fingerprint density at radius 3 is 2.80 bits per heavy atom. The lowest BCUT2D eigenvalue weighted by Gasteiger charge is -2.17. The smallest absolute Gasteiger partial charge is 0.313 e. The molecule has 1 aromatic rings. The minimum Gasteiger partial charge on any atom is -0.393 e. The summed E-state index contributed by atoms with van der Waals surface area (Å²) in [5, 5.41) is 11.7. The number of carbonyl (C=O) groups is 2. The monoisotopic (exact) mass is 274 g/mol. The molecule has 1 unspecified atom stereocenters. The van der Waals surface area contributed by atoms with Gasteiger partial charge in [-0.15, -0.1) is 6.42 Å². The molecule has 106 valence electrons. The van der Waals surface area contributed by atoms with Crippen LogP contribution in [0.4, 0.5) is 5.69 Å². The van der Waals surface area contributed by atoms with E-state index in [1.54, 1.807) is 31.2 Å². The highest BCUT2D eigenvalue weighted by Gasteiger charge is 2.18. The first-order valence-electron chi connectivity index (χ1n) is 6.25. The van der Waals surface area contributed by atoms with Crippen molar-refractivity contribution in [2.24, 2.45) is 0 Å². The van der Waals surface area contributed by atoms with Crippen molar-refractivity contribution in [1.29, 1.82) is 0 Å². The first kappa shape index (κ1) is 15.7. The predicted octanol–water partition coefficient (Wildman–Crippen LogP) is 0.836. The van der Waals surface area contributed by atoms with Crippen molar-refractivity contribution < 1.29 is 14.7 Å². The van der Waals surface area contributed by atoms with Gasteiger partial charge < -0.3 is 15.3 Å². The van der Waals surface area contributed by atoms with Gasteiger partial charge in [-0.3, -0.25) is 9.59 Å². The fourth-order valence-electron chi connectivity index (χ4n) is 1.53. The second kappa shape index (κ2) is 7.31. The number of aliphatic hydroxyl groups excluding tert-OH is 1. The zero-order chi connectivity index (χ0) is 15.1. The van der Waals surface area contributed by atoms with Gasteiger partial charge in [0.15, 0.2) is 0 Å². The number of rotatable bonds is 4. The summed E-state index contributed by atoms with van der Waals surface area (Å²) in [4.78, 5) is 24.9. The zero-order valence-electron chi connectivity index (χ0n) is 11.6. The summed E-state index contributed by atoms with van der Waals surface area (Å²) in [5.74, 6) is 1.07. The van der Waals surface area contributed by atoms with Gasteiger partial charge in [-0.1, -0.05) is 12.0 Å². The molecule has 0 saturated heterocycles. The third kappa shape index (κ3) is 4.75. The lowest BCUT2D eigenvalue weighted by Crippen LogP contribution is -2.38. The Hall–Kier alpha value is -2.32. The lowest BCUT2D eigenvalue weighted by atomic mass is 10.2. The van der Waals surface area contributed by atoms with E-state index in [1.807, 2.05) is 0 Å². The van der Waals surface area contributed by atoms with Gasteiger partial charge in [-0.2, -0.15) is 0 Å². The summed E-state index contributed by atoms with van der Waals surface area (Å²) >= 11 is 0. The van der Waals surface area contributed by atoms with Gasteiger partial charge in [-0.25, -0.2) is 0 Å². The van der Waals surface area contributed by atoms with Crippen molar-refractivity contribution in [3.05, 3.63) is 29.8 Å². The van der Waals surface area contributed by atoms with E-state index in [0.29, 0.717) is 24.2 Å². The Morgan fingerprint density at radius 1 is 1.50 bits per heavy atom. The molecule has 0 aromatic heterocycles. The van der Waals surface area contributed by atoms with Crippen LogP contribution in [0.25, 0.3) is 0 Å². The number of benzene rings is 1. The van der Waals surface area contributed by atoms with Crippen molar-refractivity contribution in [3.63, 3.8) is 0 Å². The summed E-state index contributed by atoms with van der Waals surface area (Å²) in [5.41, 5.74) is 1.10. The molecule has 0 spiro atoms. The van der Waals surface area contributed by atoms with E-state index < -0.39 is 17.9 Å². The van der Waals surface area contributed by atoms with Crippen LogP contribution in [0.3, 0.4) is 0 Å². The third-order valence-electron chi connectivity index (χ3n) is 2.71. The molecule has 0 saturated carbocycles. The average Bonchev–Trinajstić information content (AvgIpc) is 2.43. The number of carbonyl (C=O) groups excluding carboxylic acids is 2. The molecule has 5 nitrogen and oxygen atoms in total. The fraction of sp³-hybridized carbons (Fsp3) is 0.333. The number of likely N-dealkylation sites (N-methyl/N-ethyl adjacent to an activating group) is 1. The van der Waals surface area contributed by atoms with Crippen LogP contribution in [0.1, 0.15) is 18.9 Å². The van der Waals surface area contributed by atoms with Gasteiger partial charge in [0.05, 0.1) is 6.10 Å². The molecule has 0 aliphatic rings. The van der Waals surface area contributed by atoms with Gasteiger partial charge in [0.2, 0.25) is 0 Å². The number of nitrogens with one attached hydrogen (secondary N) is 1. The summed E-state index contributed by atoms with van der Waals surface area (Å²) in [6.07, 6.45) is 5.17. The van der Waals surface area contributed by atoms with Crippen LogP contribution in [-0.2, 0) is 9.59 Å². The summed E-state index contributed by atoms with van der Waals surface area (Å²) in [7, 11) is 1.52. The number of hydrogen-bond acceptors (Lipinski definition) is 3. The van der Waals surface area contributed by atoms with Crippen molar-refractivity contribution in [3.8, 4) is 12.3 Å². The van der Waals surface area contributed by atoms with Crippen LogP contribution in [0.2, 0.25) is 0 Å². The summed E-state index contributed by atoms with van der Waals surface area (Å²) < 4.78 is 0. The number of terminal acetylenes is 1. The SMILES string of the molecule is C#Cc1cccc(NC(=O)C(=O)N(C)CCC(C)O)c1. The van der Waals surface area contributed by atoms with E-state index >= 15 is 0 Å². The first-order valence-corrected chi connectivity index (χ1v) is 6.25. The minimum absolute atomic E-state index is 0.314. The third-order valence-corrected chi connectivity index (χ3v) is 2.71. The van der Waals surface area contributed by atoms with Crippen LogP contribution < -0.4 is 5.32 Å². The van der Waals surface area contributed by atoms with Gasteiger partial charge in [-0.05, 0) is 31.5 Å². The Bertz CT molecular complexity index is 532. The molecule has 1 aromatic carbocycles. The summed E-state index contributed by atoms with van der Waals surface area (Å²) in [6, 6.07) is 6.70. The van der Waals surface area contributed by atoms with E-state index in [-0.39, 0.29) is 0 Å². The van der Waals surface area contributed by atoms with E-state index in [9.17, 15) is 9.59 Å². The standard InChI is InChI=1S/C15H18N2O3/c1-4-12-6-5-7-13(10-12)16-14(19)15(20)17(3)9-8-11(2)18/h1,5-7,10-11,18H,8-9H2,2-3H3,(H,16,19). The molecule has 20 heavy (non-hydrogen) atoms. The highest BCUT2D eigenvalue weighted by Crippen LogP contribution is 2.09. The number of hydrogen-bond donors (Lipinski definition) is 2. The van der Waals surface area contributed by atoms with E-state index in [1.165, 1.54) is 11.9 Å². The lowest BCUT2D eigenvalue weighted by molar-refractivity contribution is -0.142. The second-order valence-corrected chi connectivity index (χ2v) is 4.54. The highest BCUT2D eigenvalue weighted by molar-refractivity contribution is 6.39. The molecule has 0 fully saturated rings. The maximum absolute atomic E-state index is 11.8. The van der Waals surface area contributed by atoms with Crippen LogP contribution in [0.5, 0.6) is 0 Å². The van der Waals surface area contributed by atoms with Crippen molar-refractivity contribution >= 4 is 17.5 Å². The van der Waals surface area contributed by atoms with Crippen molar-refractivity contribution in [2.75, 3.05) is 18.9 Å². The molecular formula is C15H18N2O3. The zero-order valence-corrected chi connectivity index (χ0v) is 11.6. The average molecular weight is 274 g/mol. The van der Waals surface area contributed by atoms with E-state index in [2.05, 4.69) is 11.2 Å². The van der Waals surface area contributed by atoms with Gasteiger partial charge >= 0.3 is 11.8 Å². The normalized spacial score (nSPS) is 11.3. The Balaban J connectivity index is 2.61. The molecular weight excluding hydrogens is 256 g/mol. The summed E-state index contributed by atoms with van der Waals surface area (Å²) in [6.45, 7) is 1.94. The van der Waals surface area contributed by atoms with Gasteiger partial charge in [0.25, 0.3) is 0 Å². The Morgan fingerprint density at radius 2 is 2.20 bits per heavy atom. The van der Waals surface area contributed by atoms with Crippen LogP contribution in [0, 0.1) is 12.3 Å². The molecule has 2 amide bonds. The Labute approximate surface area is 118 Å². The van der Waals surface area contributed by atoms with E-state index in [0.717, 1.165) is 0 Å². The number of anilines is 1. The second-order valence-electron chi connectivity index (χ2n) is 4.54. The molecule has 0 heterocycles. The molecule has 5 heteroatoms. The minimum atomic E-state index is -0.729. The molecule has 0 radical (unpaired) electrons. The Kier molecular flexibility index (Phi) is 5.75. The number of amides is 2. The van der Waals surface area contributed by atoms with Gasteiger partial charge in [0.1, 0.15) is 0 Å². The van der Waals surface area contributed by atoms with E-state index in [4.69, 9.17) is 11.5 Å². The van der Waals surface area contributed by atoms with Gasteiger partial charge in [0, 0.05) is 24.8 Å². The molecule has 0 aliphatic heterocycles. The molecule has 1 rings (SSSR count). The fourth-order valence-corrected chi connectivity index (χ4v) is 1.53.